The van der Waals surface area contributed by atoms with Gasteiger partial charge < -0.3 is 4.42 Å². The number of hydrogen-bond acceptors (Lipinski definition) is 3. The van der Waals surface area contributed by atoms with Gasteiger partial charge in [-0.2, -0.15) is 0 Å². The predicted molar refractivity (Wildman–Crippen MR) is 231 cm³/mol. The summed E-state index contributed by atoms with van der Waals surface area (Å²) in [6.45, 7) is 0. The van der Waals surface area contributed by atoms with Crippen LogP contribution in [0, 0.1) is 0 Å². The molecular weight excluding hydrogens is 681 g/mol. The zero-order valence-corrected chi connectivity index (χ0v) is 30.0. The Labute approximate surface area is 312 Å². The lowest BCUT2D eigenvalue weighted by Gasteiger charge is -2.19. The molecule has 12 rings (SSSR count). The van der Waals surface area contributed by atoms with E-state index in [9.17, 15) is 0 Å². The third kappa shape index (κ3) is 4.18. The molecule has 0 bridgehead atoms. The lowest BCUT2D eigenvalue weighted by Crippen LogP contribution is -1.91. The molecule has 0 fully saturated rings. The van der Waals surface area contributed by atoms with Gasteiger partial charge in [0.2, 0.25) is 0 Å². The highest BCUT2D eigenvalue weighted by atomic mass is 32.1. The summed E-state index contributed by atoms with van der Waals surface area (Å²) in [7, 11) is 0. The molecule has 246 valence electrons. The number of fused-ring (bicyclic) bond motifs is 12. The zero-order chi connectivity index (χ0) is 34.6. The largest absolute Gasteiger partial charge is 0.455 e. The number of para-hydroxylation sites is 1. The summed E-state index contributed by atoms with van der Waals surface area (Å²) >= 11 is 3.83. The van der Waals surface area contributed by atoms with E-state index in [-0.39, 0.29) is 0 Å². The molecule has 0 aliphatic heterocycles. The maximum atomic E-state index is 6.84. The SMILES string of the molecule is c1ccc(-c2cc3cc(-c4c5ccccc5c(-c5cccc6c5oc5ccc7ccccc7c56)c5ccccc45)c4c5ccccc5sc4c3s2)cc1. The van der Waals surface area contributed by atoms with Crippen molar-refractivity contribution in [3.63, 3.8) is 0 Å². The van der Waals surface area contributed by atoms with Gasteiger partial charge in [0.15, 0.2) is 0 Å². The van der Waals surface area contributed by atoms with Crippen LogP contribution in [0.5, 0.6) is 0 Å². The molecule has 0 unspecified atom stereocenters. The summed E-state index contributed by atoms with van der Waals surface area (Å²) in [6.07, 6.45) is 0. The average molecular weight is 709 g/mol. The van der Waals surface area contributed by atoms with Gasteiger partial charge in [0.1, 0.15) is 11.2 Å². The first-order valence-corrected chi connectivity index (χ1v) is 19.6. The van der Waals surface area contributed by atoms with E-state index in [0.717, 1.165) is 22.1 Å². The van der Waals surface area contributed by atoms with Crippen LogP contribution in [0.4, 0.5) is 0 Å². The molecule has 0 radical (unpaired) electrons. The van der Waals surface area contributed by atoms with E-state index in [0.29, 0.717) is 0 Å². The summed E-state index contributed by atoms with van der Waals surface area (Å²) < 4.78 is 10.9. The molecule has 3 heterocycles. The van der Waals surface area contributed by atoms with Crippen molar-refractivity contribution in [1.29, 1.82) is 0 Å². The predicted octanol–water partition coefficient (Wildman–Crippen LogP) is 15.6. The minimum atomic E-state index is 0.919. The van der Waals surface area contributed by atoms with E-state index in [1.54, 1.807) is 0 Å². The Morgan fingerprint density at radius 2 is 1.00 bits per heavy atom. The zero-order valence-electron chi connectivity index (χ0n) is 28.4. The monoisotopic (exact) mass is 708 g/mol. The summed E-state index contributed by atoms with van der Waals surface area (Å²) in [5.41, 5.74) is 8.01. The maximum absolute atomic E-state index is 6.84. The van der Waals surface area contributed by atoms with Crippen LogP contribution in [0.2, 0.25) is 0 Å². The van der Waals surface area contributed by atoms with E-state index < -0.39 is 0 Å². The topological polar surface area (TPSA) is 13.1 Å². The molecule has 9 aromatic carbocycles. The Balaban J connectivity index is 1.22. The normalized spacial score (nSPS) is 12.2. The first-order chi connectivity index (χ1) is 26.3. The molecule has 0 spiro atoms. The number of hydrogen-bond donors (Lipinski definition) is 0. The highest BCUT2D eigenvalue weighted by Gasteiger charge is 2.24. The molecule has 1 nitrogen and oxygen atoms in total. The van der Waals surface area contributed by atoms with Gasteiger partial charge in [-0.15, -0.1) is 22.7 Å². The fraction of sp³-hybridized carbons (Fsp3) is 0. The first kappa shape index (κ1) is 29.3. The van der Waals surface area contributed by atoms with Crippen LogP contribution in [-0.4, -0.2) is 0 Å². The first-order valence-electron chi connectivity index (χ1n) is 18.0. The quantitative estimate of drug-likeness (QED) is 0.167. The molecule has 0 N–H and O–H groups in total. The van der Waals surface area contributed by atoms with Gasteiger partial charge in [-0.05, 0) is 78.7 Å². The van der Waals surface area contributed by atoms with Gasteiger partial charge in [-0.1, -0.05) is 146 Å². The third-order valence-corrected chi connectivity index (χ3v) is 13.6. The molecule has 0 atom stereocenters. The number of benzene rings is 9. The van der Waals surface area contributed by atoms with Gasteiger partial charge in [-0.3, -0.25) is 0 Å². The van der Waals surface area contributed by atoms with Crippen molar-refractivity contribution in [2.75, 3.05) is 0 Å². The molecule has 0 aliphatic rings. The lowest BCUT2D eigenvalue weighted by atomic mass is 9.84. The fourth-order valence-electron chi connectivity index (χ4n) is 8.81. The fourth-order valence-corrected chi connectivity index (χ4v) is 11.3. The van der Waals surface area contributed by atoms with Crippen molar-refractivity contribution in [3.05, 3.63) is 170 Å². The second-order valence-corrected chi connectivity index (χ2v) is 16.0. The van der Waals surface area contributed by atoms with Crippen molar-refractivity contribution >= 4 is 107 Å². The van der Waals surface area contributed by atoms with Crippen LogP contribution in [0.1, 0.15) is 0 Å². The van der Waals surface area contributed by atoms with E-state index in [1.807, 2.05) is 22.7 Å². The van der Waals surface area contributed by atoms with Crippen molar-refractivity contribution < 1.29 is 4.42 Å². The smallest absolute Gasteiger partial charge is 0.143 e. The van der Waals surface area contributed by atoms with Crippen LogP contribution in [-0.2, 0) is 0 Å². The molecule has 3 aromatic heterocycles. The molecule has 0 amide bonds. The molecular formula is C50H28OS2. The van der Waals surface area contributed by atoms with Gasteiger partial charge in [-0.25, -0.2) is 0 Å². The third-order valence-electron chi connectivity index (χ3n) is 11.0. The molecule has 0 aliphatic carbocycles. The van der Waals surface area contributed by atoms with E-state index in [1.165, 1.54) is 95.1 Å². The molecule has 0 saturated carbocycles. The Morgan fingerprint density at radius 1 is 0.377 bits per heavy atom. The van der Waals surface area contributed by atoms with Crippen LogP contribution >= 0.6 is 22.7 Å². The van der Waals surface area contributed by atoms with E-state index >= 15 is 0 Å². The minimum Gasteiger partial charge on any atom is -0.455 e. The molecule has 3 heteroatoms. The van der Waals surface area contributed by atoms with Crippen LogP contribution < -0.4 is 0 Å². The Bertz CT molecular complexity index is 3390. The number of rotatable bonds is 3. The minimum absolute atomic E-state index is 0.919. The summed E-state index contributed by atoms with van der Waals surface area (Å²) in [4.78, 5) is 1.30. The van der Waals surface area contributed by atoms with Gasteiger partial charge in [0.25, 0.3) is 0 Å². The van der Waals surface area contributed by atoms with Crippen molar-refractivity contribution in [2.24, 2.45) is 0 Å². The van der Waals surface area contributed by atoms with E-state index in [4.69, 9.17) is 4.42 Å². The van der Waals surface area contributed by atoms with Gasteiger partial charge in [0, 0.05) is 42.2 Å². The lowest BCUT2D eigenvalue weighted by molar-refractivity contribution is 0.670. The Hall–Kier alpha value is -6.26. The van der Waals surface area contributed by atoms with Gasteiger partial charge in [0.05, 0.1) is 9.40 Å². The highest BCUT2D eigenvalue weighted by Crippen LogP contribution is 2.52. The van der Waals surface area contributed by atoms with Crippen LogP contribution in [0.3, 0.4) is 0 Å². The number of furan rings is 1. The molecule has 53 heavy (non-hydrogen) atoms. The summed E-state index contributed by atoms with van der Waals surface area (Å²) in [5.74, 6) is 0. The van der Waals surface area contributed by atoms with Crippen LogP contribution in [0.15, 0.2) is 174 Å². The highest BCUT2D eigenvalue weighted by molar-refractivity contribution is 7.32. The maximum Gasteiger partial charge on any atom is 0.143 e. The van der Waals surface area contributed by atoms with Crippen LogP contribution in [0.25, 0.3) is 117 Å². The summed E-state index contributed by atoms with van der Waals surface area (Å²) in [6, 6.07) is 62.2. The average Bonchev–Trinajstić information content (AvgIpc) is 3.94. The Morgan fingerprint density at radius 3 is 1.75 bits per heavy atom. The number of thiophene rings is 2. The second-order valence-electron chi connectivity index (χ2n) is 13.9. The van der Waals surface area contributed by atoms with Gasteiger partial charge >= 0.3 is 0 Å². The van der Waals surface area contributed by atoms with Crippen molar-refractivity contribution in [2.45, 2.75) is 0 Å². The standard InChI is InChI=1S/C50H28OS2/c1-2-14-30(15-3-1)43-28-31-27-40(47-37-21-10-11-24-42(37)52-50(47)49(31)53-43)45-35-19-8-6-17-33(35)44(34-18-7-9-20-36(34)45)38-22-12-23-39-46-32-16-5-4-13-29(32)25-26-41(46)51-48(38)39/h1-28H. The van der Waals surface area contributed by atoms with Crippen molar-refractivity contribution in [3.8, 4) is 32.7 Å². The van der Waals surface area contributed by atoms with Crippen molar-refractivity contribution in [1.82, 2.24) is 0 Å². The molecule has 0 saturated heterocycles. The Kier molecular flexibility index (Phi) is 6.15. The summed E-state index contributed by atoms with van der Waals surface area (Å²) in [5, 5.41) is 13.7. The second kappa shape index (κ2) is 11.1. The molecule has 12 aromatic rings. The van der Waals surface area contributed by atoms with E-state index in [2.05, 4.69) is 170 Å².